The molecule has 0 aliphatic carbocycles. The molecule has 0 amide bonds. The van der Waals surface area contributed by atoms with E-state index in [4.69, 9.17) is 9.63 Å². The monoisotopic (exact) mass is 299 g/mol. The van der Waals surface area contributed by atoms with Crippen molar-refractivity contribution in [2.75, 3.05) is 0 Å². The highest BCUT2D eigenvalue weighted by Crippen LogP contribution is 2.14. The van der Waals surface area contributed by atoms with Gasteiger partial charge in [-0.3, -0.25) is 0 Å². The number of carboxylic acid groups (broad SMARTS) is 1. The second kappa shape index (κ2) is 5.10. The quantitative estimate of drug-likeness (QED) is 0.830. The first-order valence-electron chi connectivity index (χ1n) is 5.61. The summed E-state index contributed by atoms with van der Waals surface area (Å²) in [4.78, 5) is 10.8. The van der Waals surface area contributed by atoms with E-state index in [0.29, 0.717) is 11.5 Å². The summed E-state index contributed by atoms with van der Waals surface area (Å²) in [6.45, 7) is 1.66. The summed E-state index contributed by atoms with van der Waals surface area (Å²) >= 11 is 0. The Hall–Kier alpha value is -2.13. The van der Waals surface area contributed by atoms with E-state index in [2.05, 4.69) is 9.88 Å². The Balaban J connectivity index is 2.18. The van der Waals surface area contributed by atoms with Gasteiger partial charge in [0.05, 0.1) is 12.2 Å². The van der Waals surface area contributed by atoms with Gasteiger partial charge in [0.15, 0.2) is 5.76 Å². The lowest BCUT2D eigenvalue weighted by molar-refractivity contribution is 0.0686. The molecule has 0 bridgehead atoms. The maximum Gasteiger partial charge on any atom is 0.352 e. The van der Waals surface area contributed by atoms with Crippen LogP contribution in [-0.2, 0) is 23.6 Å². The third kappa shape index (κ3) is 2.89. The highest BCUT2D eigenvalue weighted by atomic mass is 32.2. The number of hydrogen-bond acceptors (Lipinski definition) is 5. The maximum absolute atomic E-state index is 12.0. The SMILES string of the molecule is Cc1cc(CNS(=O)(=O)c2cc(C(=O)O)n(C)c2)on1. The number of rotatable bonds is 5. The normalized spacial score (nSPS) is 11.7. The number of carbonyl (C=O) groups is 1. The summed E-state index contributed by atoms with van der Waals surface area (Å²) in [6, 6.07) is 2.70. The number of nitrogens with one attached hydrogen (secondary N) is 1. The third-order valence-electron chi connectivity index (χ3n) is 2.62. The first-order chi connectivity index (χ1) is 9.29. The molecule has 2 aromatic heterocycles. The van der Waals surface area contributed by atoms with Gasteiger partial charge in [0.2, 0.25) is 10.0 Å². The minimum atomic E-state index is -3.81. The average molecular weight is 299 g/mol. The largest absolute Gasteiger partial charge is 0.477 e. The van der Waals surface area contributed by atoms with Crippen molar-refractivity contribution in [3.63, 3.8) is 0 Å². The molecule has 0 atom stereocenters. The van der Waals surface area contributed by atoms with Crippen LogP contribution in [0, 0.1) is 6.92 Å². The van der Waals surface area contributed by atoms with E-state index in [9.17, 15) is 13.2 Å². The van der Waals surface area contributed by atoms with Gasteiger partial charge in [-0.1, -0.05) is 5.16 Å². The Morgan fingerprint density at radius 1 is 1.50 bits per heavy atom. The molecule has 0 radical (unpaired) electrons. The average Bonchev–Trinajstić information content (AvgIpc) is 2.93. The lowest BCUT2D eigenvalue weighted by Crippen LogP contribution is -2.22. The van der Waals surface area contributed by atoms with Crippen molar-refractivity contribution >= 4 is 16.0 Å². The topological polar surface area (TPSA) is 114 Å². The van der Waals surface area contributed by atoms with Gasteiger partial charge in [0.25, 0.3) is 0 Å². The highest BCUT2D eigenvalue weighted by molar-refractivity contribution is 7.89. The summed E-state index contributed by atoms with van der Waals surface area (Å²) in [5, 5.41) is 12.5. The van der Waals surface area contributed by atoms with Gasteiger partial charge in [-0.25, -0.2) is 17.9 Å². The zero-order chi connectivity index (χ0) is 14.9. The molecule has 9 heteroatoms. The van der Waals surface area contributed by atoms with Gasteiger partial charge in [0.1, 0.15) is 10.6 Å². The molecule has 2 N–H and O–H groups in total. The van der Waals surface area contributed by atoms with Crippen LogP contribution in [0.3, 0.4) is 0 Å². The number of aryl methyl sites for hydroxylation is 2. The van der Waals surface area contributed by atoms with Crippen molar-refractivity contribution in [3.8, 4) is 0 Å². The van der Waals surface area contributed by atoms with Gasteiger partial charge >= 0.3 is 5.97 Å². The molecule has 0 saturated heterocycles. The number of carboxylic acids is 1. The van der Waals surface area contributed by atoms with Crippen LogP contribution in [0.2, 0.25) is 0 Å². The van der Waals surface area contributed by atoms with E-state index in [1.807, 2.05) is 0 Å². The number of aromatic nitrogens is 2. The first-order valence-corrected chi connectivity index (χ1v) is 7.09. The molecular formula is C11H13N3O5S. The molecule has 2 aromatic rings. The van der Waals surface area contributed by atoms with Crippen molar-refractivity contribution in [2.24, 2.45) is 7.05 Å². The van der Waals surface area contributed by atoms with Crippen molar-refractivity contribution < 1.29 is 22.8 Å². The van der Waals surface area contributed by atoms with E-state index >= 15 is 0 Å². The molecule has 0 aliphatic rings. The number of sulfonamides is 1. The number of aromatic carboxylic acids is 1. The van der Waals surface area contributed by atoms with E-state index in [1.165, 1.54) is 17.8 Å². The predicted molar refractivity (Wildman–Crippen MR) is 67.6 cm³/mol. The molecule has 108 valence electrons. The van der Waals surface area contributed by atoms with Gasteiger partial charge in [0, 0.05) is 19.3 Å². The molecule has 0 aromatic carbocycles. The molecule has 2 rings (SSSR count). The fraction of sp³-hybridized carbons (Fsp3) is 0.273. The zero-order valence-electron chi connectivity index (χ0n) is 10.8. The fourth-order valence-electron chi connectivity index (χ4n) is 1.64. The minimum absolute atomic E-state index is 0.0551. The third-order valence-corrected chi connectivity index (χ3v) is 3.99. The van der Waals surface area contributed by atoms with Crippen LogP contribution in [0.5, 0.6) is 0 Å². The Morgan fingerprint density at radius 3 is 2.70 bits per heavy atom. The Labute approximate surface area is 115 Å². The van der Waals surface area contributed by atoms with Gasteiger partial charge in [-0.15, -0.1) is 0 Å². The van der Waals surface area contributed by atoms with Crippen LogP contribution in [-0.4, -0.2) is 29.2 Å². The Kier molecular flexibility index (Phi) is 3.64. The second-order valence-corrected chi connectivity index (χ2v) is 6.00. The summed E-state index contributed by atoms with van der Waals surface area (Å²) < 4.78 is 32.5. The molecule has 0 aliphatic heterocycles. The fourth-order valence-corrected chi connectivity index (χ4v) is 2.71. The smallest absolute Gasteiger partial charge is 0.352 e. The molecule has 0 fully saturated rings. The van der Waals surface area contributed by atoms with Crippen molar-refractivity contribution in [2.45, 2.75) is 18.4 Å². The Bertz CT molecular complexity index is 744. The summed E-state index contributed by atoms with van der Waals surface area (Å²) in [5.41, 5.74) is 0.535. The molecule has 8 nitrogen and oxygen atoms in total. The van der Waals surface area contributed by atoms with E-state index in [0.717, 1.165) is 6.07 Å². The van der Waals surface area contributed by atoms with Crippen LogP contribution in [0.15, 0.2) is 27.7 Å². The lowest BCUT2D eigenvalue weighted by Gasteiger charge is -2.01. The Morgan fingerprint density at radius 2 is 2.20 bits per heavy atom. The summed E-state index contributed by atoms with van der Waals surface area (Å²) in [7, 11) is -2.35. The highest BCUT2D eigenvalue weighted by Gasteiger charge is 2.20. The molecule has 2 heterocycles. The maximum atomic E-state index is 12.0. The van der Waals surface area contributed by atoms with E-state index in [1.54, 1.807) is 13.0 Å². The van der Waals surface area contributed by atoms with E-state index < -0.39 is 16.0 Å². The second-order valence-electron chi connectivity index (χ2n) is 4.24. The molecule has 0 spiro atoms. The number of hydrogen-bond donors (Lipinski definition) is 2. The summed E-state index contributed by atoms with van der Waals surface area (Å²) in [6.07, 6.45) is 1.23. The molecule has 20 heavy (non-hydrogen) atoms. The molecule has 0 saturated carbocycles. The van der Waals surface area contributed by atoms with Gasteiger partial charge in [-0.2, -0.15) is 0 Å². The predicted octanol–water partition coefficient (Wildman–Crippen LogP) is 0.498. The van der Waals surface area contributed by atoms with Gasteiger partial charge in [-0.05, 0) is 13.0 Å². The van der Waals surface area contributed by atoms with Crippen LogP contribution in [0.25, 0.3) is 0 Å². The first kappa shape index (κ1) is 14.3. The van der Waals surface area contributed by atoms with Crippen LogP contribution >= 0.6 is 0 Å². The van der Waals surface area contributed by atoms with Crippen LogP contribution < -0.4 is 4.72 Å². The van der Waals surface area contributed by atoms with Crippen molar-refractivity contribution in [1.29, 1.82) is 0 Å². The van der Waals surface area contributed by atoms with Crippen molar-refractivity contribution in [3.05, 3.63) is 35.5 Å². The van der Waals surface area contributed by atoms with Crippen LogP contribution in [0.1, 0.15) is 21.9 Å². The number of nitrogens with zero attached hydrogens (tertiary/aromatic N) is 2. The lowest BCUT2D eigenvalue weighted by atomic mass is 10.4. The zero-order valence-corrected chi connectivity index (χ0v) is 11.6. The molecule has 0 unspecified atom stereocenters. The van der Waals surface area contributed by atoms with Crippen LogP contribution in [0.4, 0.5) is 0 Å². The van der Waals surface area contributed by atoms with E-state index in [-0.39, 0.29) is 17.1 Å². The minimum Gasteiger partial charge on any atom is -0.477 e. The molecular weight excluding hydrogens is 286 g/mol. The standard InChI is InChI=1S/C11H13N3O5S/c1-7-3-8(19-13-7)5-12-20(17,18)9-4-10(11(15)16)14(2)6-9/h3-4,6,12H,5H2,1-2H3,(H,15,16). The van der Waals surface area contributed by atoms with Crippen molar-refractivity contribution in [1.82, 2.24) is 14.4 Å². The summed E-state index contributed by atoms with van der Waals surface area (Å²) in [5.74, 6) is -0.819. The van der Waals surface area contributed by atoms with Gasteiger partial charge < -0.3 is 14.2 Å².